The first-order valence-corrected chi connectivity index (χ1v) is 8.26. The second-order valence-corrected chi connectivity index (χ2v) is 7.14. The highest BCUT2D eigenvalue weighted by molar-refractivity contribution is 7.97. The zero-order valence-corrected chi connectivity index (χ0v) is 15.2. The van der Waals surface area contributed by atoms with Gasteiger partial charge >= 0.3 is 0 Å². The van der Waals surface area contributed by atoms with Gasteiger partial charge in [-0.3, -0.25) is 4.79 Å². The van der Waals surface area contributed by atoms with Crippen molar-refractivity contribution in [2.75, 3.05) is 0 Å². The van der Waals surface area contributed by atoms with Crippen LogP contribution in [0.4, 0.5) is 0 Å². The summed E-state index contributed by atoms with van der Waals surface area (Å²) in [5.74, 6) is 0. The summed E-state index contributed by atoms with van der Waals surface area (Å²) in [6.45, 7) is 10.9. The van der Waals surface area contributed by atoms with E-state index in [-0.39, 0.29) is 10.5 Å². The predicted molar refractivity (Wildman–Crippen MR) is 98.7 cm³/mol. The van der Waals surface area contributed by atoms with E-state index in [9.17, 15) is 4.79 Å². The number of allylic oxidation sites excluding steroid dienone is 9. The fourth-order valence-corrected chi connectivity index (χ4v) is 3.05. The Balaban J connectivity index is 2.79. The standard InChI is InChI=1S/C20H27OS/c1-15(8-6-9-16(2)14-19(21)22)11-12-18-17(3)10-7-13-20(18,4)5/h6,8-9,11-12,14H,7,10,13H2,1-5H3. The van der Waals surface area contributed by atoms with E-state index in [1.807, 2.05) is 25.2 Å². The van der Waals surface area contributed by atoms with Gasteiger partial charge in [0.15, 0.2) is 0 Å². The minimum Gasteiger partial charge on any atom is -0.277 e. The van der Waals surface area contributed by atoms with E-state index in [0.29, 0.717) is 0 Å². The topological polar surface area (TPSA) is 17.1 Å². The molecule has 2 heteroatoms. The second-order valence-electron chi connectivity index (χ2n) is 6.74. The highest BCUT2D eigenvalue weighted by atomic mass is 32.1. The Kier molecular flexibility index (Phi) is 7.02. The zero-order chi connectivity index (χ0) is 16.8. The molecule has 0 bridgehead atoms. The molecule has 0 heterocycles. The number of rotatable bonds is 5. The Morgan fingerprint density at radius 3 is 2.45 bits per heavy atom. The molecule has 119 valence electrons. The third kappa shape index (κ3) is 6.15. The minimum atomic E-state index is -0.329. The fourth-order valence-electron chi connectivity index (χ4n) is 2.87. The van der Waals surface area contributed by atoms with Gasteiger partial charge in [0.2, 0.25) is 5.12 Å². The molecule has 0 N–H and O–H groups in total. The normalized spacial score (nSPS) is 20.2. The van der Waals surface area contributed by atoms with E-state index in [1.165, 1.54) is 42.1 Å². The van der Waals surface area contributed by atoms with E-state index in [1.54, 1.807) is 0 Å². The summed E-state index contributed by atoms with van der Waals surface area (Å²) in [4.78, 5) is 10.8. The summed E-state index contributed by atoms with van der Waals surface area (Å²) in [5, 5.41) is -0.329. The van der Waals surface area contributed by atoms with Crippen molar-refractivity contribution in [3.05, 3.63) is 58.7 Å². The van der Waals surface area contributed by atoms with Gasteiger partial charge in [-0.2, -0.15) is 0 Å². The summed E-state index contributed by atoms with van der Waals surface area (Å²) in [7, 11) is 0. The highest BCUT2D eigenvalue weighted by Gasteiger charge is 2.26. The Hall–Kier alpha value is -1.41. The lowest BCUT2D eigenvalue weighted by Gasteiger charge is -2.32. The highest BCUT2D eigenvalue weighted by Crippen LogP contribution is 2.40. The van der Waals surface area contributed by atoms with Gasteiger partial charge < -0.3 is 0 Å². The minimum absolute atomic E-state index is 0.276. The van der Waals surface area contributed by atoms with Crippen LogP contribution in [0.2, 0.25) is 0 Å². The van der Waals surface area contributed by atoms with Crippen LogP contribution < -0.4 is 0 Å². The van der Waals surface area contributed by atoms with Crippen molar-refractivity contribution in [2.45, 2.75) is 53.9 Å². The van der Waals surface area contributed by atoms with Crippen LogP contribution in [0.15, 0.2) is 58.7 Å². The average molecular weight is 316 g/mol. The molecule has 0 aromatic heterocycles. The van der Waals surface area contributed by atoms with Gasteiger partial charge in [0.05, 0.1) is 0 Å². The van der Waals surface area contributed by atoms with Gasteiger partial charge in [-0.15, -0.1) is 0 Å². The Bertz CT molecular complexity index is 569. The van der Waals surface area contributed by atoms with Crippen LogP contribution in [-0.2, 0) is 4.79 Å². The fraction of sp³-hybridized carbons (Fsp3) is 0.450. The molecule has 0 amide bonds. The van der Waals surface area contributed by atoms with Gasteiger partial charge in [-0.05, 0) is 75.3 Å². The van der Waals surface area contributed by atoms with E-state index < -0.39 is 0 Å². The summed E-state index contributed by atoms with van der Waals surface area (Å²) in [6.07, 6.45) is 15.6. The number of hydrogen-bond donors (Lipinski definition) is 0. The molecule has 0 aromatic carbocycles. The number of carbonyl (C=O) groups is 1. The maximum Gasteiger partial charge on any atom is 0.242 e. The molecule has 0 aromatic rings. The van der Waals surface area contributed by atoms with Crippen molar-refractivity contribution >= 4 is 17.7 Å². The zero-order valence-electron chi connectivity index (χ0n) is 14.4. The summed E-state index contributed by atoms with van der Waals surface area (Å²) in [5.41, 5.74) is 5.33. The molecule has 0 aliphatic heterocycles. The third-order valence-corrected chi connectivity index (χ3v) is 4.24. The lowest BCUT2D eigenvalue weighted by atomic mass is 9.72. The molecular formula is C20H27OS. The van der Waals surface area contributed by atoms with Crippen LogP contribution in [0, 0.1) is 5.41 Å². The van der Waals surface area contributed by atoms with Crippen molar-refractivity contribution in [3.63, 3.8) is 0 Å². The Morgan fingerprint density at radius 2 is 1.86 bits per heavy atom. The second kappa shape index (κ2) is 8.28. The smallest absolute Gasteiger partial charge is 0.242 e. The molecule has 0 fully saturated rings. The first-order valence-electron chi connectivity index (χ1n) is 7.85. The predicted octanol–water partition coefficient (Wildman–Crippen LogP) is 6.24. The molecule has 1 aliphatic carbocycles. The molecule has 0 saturated carbocycles. The van der Waals surface area contributed by atoms with Crippen molar-refractivity contribution in [3.8, 4) is 0 Å². The van der Waals surface area contributed by atoms with Crippen LogP contribution in [0.1, 0.15) is 53.9 Å². The van der Waals surface area contributed by atoms with Gasteiger partial charge in [-0.1, -0.05) is 55.4 Å². The van der Waals surface area contributed by atoms with E-state index in [4.69, 9.17) is 0 Å². The Morgan fingerprint density at radius 1 is 1.18 bits per heavy atom. The molecule has 1 rings (SSSR count). The largest absolute Gasteiger partial charge is 0.277 e. The molecule has 1 radical (unpaired) electrons. The average Bonchev–Trinajstić information content (AvgIpc) is 2.36. The molecule has 0 atom stereocenters. The monoisotopic (exact) mass is 315 g/mol. The number of carbonyl (C=O) groups excluding carboxylic acids is 1. The molecule has 22 heavy (non-hydrogen) atoms. The summed E-state index contributed by atoms with van der Waals surface area (Å²) < 4.78 is 0. The molecule has 1 nitrogen and oxygen atoms in total. The SMILES string of the molecule is CC(C=CC1=C(C)CCCC1(C)C)=CC=CC(C)=CC(=O)[S]. The molecule has 0 spiro atoms. The van der Waals surface area contributed by atoms with Crippen LogP contribution in [0.25, 0.3) is 0 Å². The van der Waals surface area contributed by atoms with Crippen molar-refractivity contribution in [2.24, 2.45) is 5.41 Å². The summed E-state index contributed by atoms with van der Waals surface area (Å²) >= 11 is 4.52. The van der Waals surface area contributed by atoms with Gasteiger partial charge in [0, 0.05) is 0 Å². The molecular weight excluding hydrogens is 288 g/mol. The van der Waals surface area contributed by atoms with Gasteiger partial charge in [-0.25, -0.2) is 0 Å². The van der Waals surface area contributed by atoms with E-state index >= 15 is 0 Å². The van der Waals surface area contributed by atoms with Crippen LogP contribution >= 0.6 is 12.6 Å². The van der Waals surface area contributed by atoms with E-state index in [0.717, 1.165) is 5.57 Å². The molecule has 1 aliphatic rings. The van der Waals surface area contributed by atoms with Gasteiger partial charge in [0.25, 0.3) is 0 Å². The van der Waals surface area contributed by atoms with Crippen LogP contribution in [0.5, 0.6) is 0 Å². The third-order valence-electron chi connectivity index (χ3n) is 4.12. The molecule has 0 saturated heterocycles. The van der Waals surface area contributed by atoms with Crippen LogP contribution in [-0.4, -0.2) is 5.12 Å². The maximum absolute atomic E-state index is 10.8. The van der Waals surface area contributed by atoms with Crippen molar-refractivity contribution < 1.29 is 4.79 Å². The lowest BCUT2D eigenvalue weighted by Crippen LogP contribution is -2.19. The maximum atomic E-state index is 10.8. The Labute approximate surface area is 141 Å². The van der Waals surface area contributed by atoms with E-state index in [2.05, 4.69) is 52.5 Å². The lowest BCUT2D eigenvalue weighted by molar-refractivity contribution is -0.106. The molecule has 0 unspecified atom stereocenters. The van der Waals surface area contributed by atoms with Crippen LogP contribution in [0.3, 0.4) is 0 Å². The first-order chi connectivity index (χ1) is 10.2. The van der Waals surface area contributed by atoms with Gasteiger partial charge in [0.1, 0.15) is 0 Å². The van der Waals surface area contributed by atoms with Crippen molar-refractivity contribution in [1.82, 2.24) is 0 Å². The quantitative estimate of drug-likeness (QED) is 0.433. The van der Waals surface area contributed by atoms with Crippen molar-refractivity contribution in [1.29, 1.82) is 0 Å². The first kappa shape index (κ1) is 18.6. The summed E-state index contributed by atoms with van der Waals surface area (Å²) in [6, 6.07) is 0. The number of hydrogen-bond acceptors (Lipinski definition) is 1.